The molecule has 79 heavy (non-hydrogen) atoms. The van der Waals surface area contributed by atoms with Gasteiger partial charge >= 0.3 is 45.9 Å². The van der Waals surface area contributed by atoms with Crippen LogP contribution >= 0.6 is 23.5 Å². The van der Waals surface area contributed by atoms with Crippen molar-refractivity contribution in [2.75, 3.05) is 12.2 Å². The van der Waals surface area contributed by atoms with Crippen molar-refractivity contribution in [2.45, 2.75) is 201 Å². The fourth-order valence-electron chi connectivity index (χ4n) is 7.68. The molecule has 0 radical (unpaired) electrons. The van der Waals surface area contributed by atoms with Gasteiger partial charge in [0.05, 0.1) is 4.90 Å². The van der Waals surface area contributed by atoms with E-state index in [1.54, 1.807) is 32.9 Å². The number of sulfonamides is 1. The molecule has 0 heterocycles. The molecule has 0 bridgehead atoms. The summed E-state index contributed by atoms with van der Waals surface area (Å²) in [6.07, 6.45) is 1.92. The number of carbonyl (C=O) groups is 2. The number of carboxylic acid groups (broad SMARTS) is 1. The fourth-order valence-corrected chi connectivity index (χ4v) is 10.8. The molecular weight excluding hydrogens is 1140 g/mol. The number of esters is 1. The Hall–Kier alpha value is -2.91. The van der Waals surface area contributed by atoms with Gasteiger partial charge in [0.25, 0.3) is 0 Å². The number of hydrogen-bond donors (Lipinski definition) is 3. The van der Waals surface area contributed by atoms with Crippen LogP contribution in [0, 0.1) is 78.7 Å². The zero-order valence-electron chi connectivity index (χ0n) is 49.7. The second kappa shape index (κ2) is 33.4. The van der Waals surface area contributed by atoms with Crippen LogP contribution < -0.4 is 45.7 Å². The Morgan fingerprint density at radius 1 is 0.608 bits per heavy atom. The number of thioether (sulfide) groups is 2. The van der Waals surface area contributed by atoms with Gasteiger partial charge in [-0.05, 0) is 192 Å². The molecule has 1 unspecified atom stereocenters. The topological polar surface area (TPSA) is 256 Å². The van der Waals surface area contributed by atoms with Crippen LogP contribution in [0.1, 0.15) is 171 Å². The molecule has 1 atom stereocenters. The molecule has 5 N–H and O–H groups in total. The Labute approximate surface area is 502 Å². The average Bonchev–Trinajstić information content (AvgIpc) is 3.23. The molecule has 4 aromatic rings. The number of benzene rings is 4. The number of primary sulfonamides is 1. The molecule has 0 saturated carbocycles. The second-order valence-corrected chi connectivity index (χ2v) is 27.0. The van der Waals surface area contributed by atoms with E-state index in [0.717, 1.165) is 61.9 Å². The number of hydrogen-bond acceptors (Lipinski definition) is 14. The molecule has 14 nitrogen and oxygen atoms in total. The predicted molar refractivity (Wildman–Crippen MR) is 305 cm³/mol. The Balaban J connectivity index is -0.000000445. The van der Waals surface area contributed by atoms with Gasteiger partial charge in [0.1, 0.15) is 34.1 Å². The summed E-state index contributed by atoms with van der Waals surface area (Å²) < 4.78 is 134. The number of carboxylic acids is 1. The maximum atomic E-state index is 14.2. The number of aliphatic carboxylic acids is 1. The molecule has 0 aromatic heterocycles. The monoisotopic (exact) mass is 1220 g/mol. The van der Waals surface area contributed by atoms with Crippen molar-refractivity contribution in [1.82, 2.24) is 0 Å². The molecule has 4 aromatic carbocycles. The van der Waals surface area contributed by atoms with Crippen LogP contribution in [0.5, 0.6) is 0 Å². The van der Waals surface area contributed by atoms with E-state index in [9.17, 15) is 48.0 Å². The zero-order chi connectivity index (χ0) is 61.6. The molecule has 0 fully saturated rings. The molecule has 446 valence electrons. The van der Waals surface area contributed by atoms with Crippen molar-refractivity contribution < 1.29 is 101 Å². The summed E-state index contributed by atoms with van der Waals surface area (Å²) in [6.45, 7) is 41.5. The average molecular weight is 1220 g/mol. The zero-order valence-corrected chi connectivity index (χ0v) is 55.7. The summed E-state index contributed by atoms with van der Waals surface area (Å²) >= 11 is 0.176. The summed E-state index contributed by atoms with van der Waals surface area (Å²) in [5.74, 6) is 0.896. The van der Waals surface area contributed by atoms with Crippen LogP contribution in [-0.2, 0) is 71.8 Å². The number of nitrogens with two attached hydrogens (primary N) is 2. The minimum atomic E-state index is -4.38. The molecule has 4 rings (SSSR count). The molecule has 24 heteroatoms. The van der Waals surface area contributed by atoms with Gasteiger partial charge in [0, 0.05) is 22.7 Å². The Morgan fingerprint density at radius 2 is 0.886 bits per heavy atom. The van der Waals surface area contributed by atoms with Gasteiger partial charge in [-0.3, -0.25) is 13.6 Å². The van der Waals surface area contributed by atoms with E-state index in [-0.39, 0.29) is 87.1 Å². The van der Waals surface area contributed by atoms with Crippen LogP contribution in [-0.4, -0.2) is 54.3 Å². The molecule has 0 spiro atoms. The summed E-state index contributed by atoms with van der Waals surface area (Å²) in [7, 11) is -8.41. The SMILES string of the molecule is C.CC(=O)OCSc1c(F)cc(C(C)(C)C)c(C)c1C.CC(=O)[O-].CSc1c(F)cc(C(C)(C)C)c(C)c1C.Cc1c(C(C)(C)C)cc(F)c(S(=O)[O-])c1C.Cc1c(C(C)(C)C)cc(F)c(S(N)(=O)=O)c1C.NOS(=O)(=O)O.[Na+]. The van der Waals surface area contributed by atoms with Gasteiger partial charge in [-0.2, -0.15) is 18.6 Å². The van der Waals surface area contributed by atoms with Gasteiger partial charge in [0.2, 0.25) is 10.0 Å². The molecule has 0 aliphatic heterocycles. The minimum Gasteiger partial charge on any atom is -0.768 e. The summed E-state index contributed by atoms with van der Waals surface area (Å²) in [5.41, 5.74) is 10.0. The van der Waals surface area contributed by atoms with Crippen molar-refractivity contribution in [3.63, 3.8) is 0 Å². The molecular formula is C55H84F4N2NaO12S5-. The first-order chi connectivity index (χ1) is 34.3. The number of ether oxygens (including phenoxy) is 1. The van der Waals surface area contributed by atoms with E-state index in [0.29, 0.717) is 16.0 Å². The third-order valence-electron chi connectivity index (χ3n) is 11.7. The first-order valence-electron chi connectivity index (χ1n) is 23.5. The van der Waals surface area contributed by atoms with E-state index in [1.807, 2.05) is 75.5 Å². The van der Waals surface area contributed by atoms with E-state index in [1.165, 1.54) is 48.1 Å². The van der Waals surface area contributed by atoms with Crippen LogP contribution in [0.2, 0.25) is 0 Å². The molecule has 0 amide bonds. The van der Waals surface area contributed by atoms with Crippen LogP contribution in [0.4, 0.5) is 17.6 Å². The van der Waals surface area contributed by atoms with Gasteiger partial charge in [0.15, 0.2) is 0 Å². The third-order valence-corrected chi connectivity index (χ3v) is 15.7. The maximum Gasteiger partial charge on any atom is 1.00 e. The fraction of sp³-hybridized carbons (Fsp3) is 0.527. The maximum absolute atomic E-state index is 14.2. The summed E-state index contributed by atoms with van der Waals surface area (Å²) in [6, 6.07) is 5.88. The van der Waals surface area contributed by atoms with Crippen molar-refractivity contribution in [1.29, 1.82) is 0 Å². The van der Waals surface area contributed by atoms with Crippen molar-refractivity contribution in [3.05, 3.63) is 114 Å². The van der Waals surface area contributed by atoms with Gasteiger partial charge in [-0.25, -0.2) is 31.1 Å². The predicted octanol–water partition coefficient (Wildman–Crippen LogP) is 9.26. The second-order valence-electron chi connectivity index (χ2n) is 21.8. The van der Waals surface area contributed by atoms with Gasteiger partial charge in [-0.15, -0.1) is 11.8 Å². The molecule has 0 aliphatic carbocycles. The normalized spacial score (nSPS) is 11.8. The van der Waals surface area contributed by atoms with E-state index < -0.39 is 54.0 Å². The quantitative estimate of drug-likeness (QED) is 0.0228. The smallest absolute Gasteiger partial charge is 0.768 e. The molecule has 0 aliphatic rings. The summed E-state index contributed by atoms with van der Waals surface area (Å²) in [4.78, 5) is 20.3. The first-order valence-corrected chi connectivity index (χ1v) is 29.7. The van der Waals surface area contributed by atoms with E-state index >= 15 is 0 Å². The van der Waals surface area contributed by atoms with E-state index in [2.05, 4.69) is 58.6 Å². The van der Waals surface area contributed by atoms with Crippen LogP contribution in [0.3, 0.4) is 0 Å². The Kier molecular flexibility index (Phi) is 34.9. The Morgan fingerprint density at radius 3 is 1.16 bits per heavy atom. The summed E-state index contributed by atoms with van der Waals surface area (Å²) in [5, 5.41) is 13.9. The molecule has 0 saturated heterocycles. The number of halogens is 4. The largest absolute Gasteiger partial charge is 1.00 e. The van der Waals surface area contributed by atoms with Crippen molar-refractivity contribution in [2.24, 2.45) is 11.0 Å². The van der Waals surface area contributed by atoms with Gasteiger partial charge in [-0.1, -0.05) is 102 Å². The van der Waals surface area contributed by atoms with Gasteiger partial charge < -0.3 is 19.2 Å². The first kappa shape index (κ1) is 82.6. The van der Waals surface area contributed by atoms with Crippen molar-refractivity contribution in [3.8, 4) is 0 Å². The third kappa shape index (κ3) is 26.9. The Bertz CT molecular complexity index is 2980. The van der Waals surface area contributed by atoms with Crippen molar-refractivity contribution >= 4 is 67.0 Å². The van der Waals surface area contributed by atoms with E-state index in [4.69, 9.17) is 24.3 Å². The van der Waals surface area contributed by atoms with Crippen LogP contribution in [0.25, 0.3) is 0 Å². The standard InChI is InChI=1S/C15H21FO2S.C13H19FS.C12H18FNO2S.C12H17FO2S.C2H4O2.CH4.H3NO4S.Na/c1-9-10(2)14(19-8-18-11(3)17)13(16)7-12(9)15(4,5)6;1-8-9(2)12(15-6)11(14)7-10(8)13(3,4)5;1-7-8(2)11(17(14,15)16)10(13)6-9(7)12(3,4)5;1-7-8(2)11(16(14)15)10(13)6-9(7)12(3,4)5;1-2(3)4;;1-5-6(2,3)4;/h7H,8H2,1-6H3;7H,1-6H3;6H,1-5H3,(H2,14,15,16);6H,1-5H3,(H,14,15);1H3,(H,3,4);1H4;1H2,(H,2,3,4);/q;;;;;;;+1/p-2. The van der Waals surface area contributed by atoms with Crippen LogP contribution in [0.15, 0.2) is 43.8 Å². The number of carbonyl (C=O) groups excluding carboxylic acids is 2. The number of rotatable bonds is 7. The minimum absolute atomic E-state index is 0.